The summed E-state index contributed by atoms with van der Waals surface area (Å²) in [5, 5.41) is 4.10. The van der Waals surface area contributed by atoms with Crippen LogP contribution in [0.15, 0.2) is 47.6 Å². The first-order valence-corrected chi connectivity index (χ1v) is 10.1. The molecule has 0 unspecified atom stereocenters. The lowest BCUT2D eigenvalue weighted by Gasteiger charge is -2.12. The van der Waals surface area contributed by atoms with Gasteiger partial charge in [0.25, 0.3) is 0 Å². The normalized spacial score (nSPS) is 11.0. The monoisotopic (exact) mass is 412 g/mol. The molecule has 0 aliphatic heterocycles. The molecule has 0 amide bonds. The van der Waals surface area contributed by atoms with Gasteiger partial charge in [0.05, 0.1) is 35.7 Å². The molecular weight excluding hydrogens is 392 g/mol. The van der Waals surface area contributed by atoms with Crippen LogP contribution in [0.5, 0.6) is 11.5 Å². The van der Waals surface area contributed by atoms with Gasteiger partial charge in [-0.15, -0.1) is 0 Å². The van der Waals surface area contributed by atoms with Crippen LogP contribution >= 0.6 is 24.0 Å². The van der Waals surface area contributed by atoms with Gasteiger partial charge >= 0.3 is 0 Å². The minimum atomic E-state index is 0.303. The van der Waals surface area contributed by atoms with Crippen LogP contribution in [-0.2, 0) is 6.61 Å². The number of aromatic nitrogens is 2. The van der Waals surface area contributed by atoms with E-state index in [-0.39, 0.29) is 0 Å². The minimum Gasteiger partial charge on any atom is -0.493 e. The molecule has 0 saturated heterocycles. The van der Waals surface area contributed by atoms with Crippen LogP contribution in [0.1, 0.15) is 17.0 Å². The number of ether oxygens (including phenoxy) is 2. The standard InChI is InChI=1S/C20H20N4O2S2/c1-13-17(23-16-7-5-4-6-15(16)22-13)12-26-18-9-8-14(10-19(18)25-2)11-21-24-20(27)28-3/h4-11H,12H2,1-3H3,(H,24,27)/b21-11+. The largest absolute Gasteiger partial charge is 0.493 e. The Hall–Kier alpha value is -2.71. The first-order chi connectivity index (χ1) is 13.6. The van der Waals surface area contributed by atoms with Gasteiger partial charge in [-0.05, 0) is 49.1 Å². The number of benzene rings is 2. The lowest BCUT2D eigenvalue weighted by Crippen LogP contribution is -2.10. The molecule has 0 spiro atoms. The second-order valence-electron chi connectivity index (χ2n) is 5.80. The van der Waals surface area contributed by atoms with E-state index in [9.17, 15) is 0 Å². The number of fused-ring (bicyclic) bond motifs is 1. The molecule has 2 aromatic carbocycles. The van der Waals surface area contributed by atoms with Gasteiger partial charge in [-0.1, -0.05) is 36.1 Å². The summed E-state index contributed by atoms with van der Waals surface area (Å²) >= 11 is 6.47. The fourth-order valence-corrected chi connectivity index (χ4v) is 2.69. The minimum absolute atomic E-state index is 0.303. The predicted molar refractivity (Wildman–Crippen MR) is 118 cm³/mol. The van der Waals surface area contributed by atoms with E-state index >= 15 is 0 Å². The highest BCUT2D eigenvalue weighted by atomic mass is 32.2. The third-order valence-electron chi connectivity index (χ3n) is 3.95. The van der Waals surface area contributed by atoms with Crippen molar-refractivity contribution in [3.8, 4) is 11.5 Å². The summed E-state index contributed by atoms with van der Waals surface area (Å²) in [4.78, 5) is 9.25. The highest BCUT2D eigenvalue weighted by molar-refractivity contribution is 8.22. The molecule has 3 rings (SSSR count). The molecule has 1 heterocycles. The molecule has 1 N–H and O–H groups in total. The number of nitrogens with zero attached hydrogens (tertiary/aromatic N) is 3. The third kappa shape index (κ3) is 4.96. The lowest BCUT2D eigenvalue weighted by molar-refractivity contribution is 0.280. The molecule has 144 valence electrons. The second-order valence-corrected chi connectivity index (χ2v) is 7.29. The molecule has 0 atom stereocenters. The maximum absolute atomic E-state index is 5.95. The smallest absolute Gasteiger partial charge is 0.161 e. The zero-order valence-electron chi connectivity index (χ0n) is 15.8. The number of nitrogens with one attached hydrogen (secondary N) is 1. The molecular formula is C20H20N4O2S2. The van der Waals surface area contributed by atoms with Gasteiger partial charge in [0.2, 0.25) is 0 Å². The van der Waals surface area contributed by atoms with Crippen LogP contribution in [0.25, 0.3) is 11.0 Å². The number of para-hydroxylation sites is 2. The number of hydrogen-bond acceptors (Lipinski definition) is 7. The van der Waals surface area contributed by atoms with Crippen LogP contribution < -0.4 is 14.9 Å². The Morgan fingerprint density at radius 1 is 1.18 bits per heavy atom. The molecule has 0 aliphatic carbocycles. The molecule has 28 heavy (non-hydrogen) atoms. The van der Waals surface area contributed by atoms with E-state index in [1.165, 1.54) is 11.8 Å². The van der Waals surface area contributed by atoms with Crippen molar-refractivity contribution in [2.75, 3.05) is 13.4 Å². The first kappa shape index (κ1) is 20.0. The molecule has 6 nitrogen and oxygen atoms in total. The predicted octanol–water partition coefficient (Wildman–Crippen LogP) is 4.10. The Labute approximate surface area is 173 Å². The van der Waals surface area contributed by atoms with Crippen LogP contribution in [0.4, 0.5) is 0 Å². The maximum atomic E-state index is 5.95. The fraction of sp³-hybridized carbons (Fsp3) is 0.200. The zero-order valence-corrected chi connectivity index (χ0v) is 17.4. The Balaban J connectivity index is 1.73. The van der Waals surface area contributed by atoms with E-state index in [0.717, 1.165) is 28.0 Å². The van der Waals surface area contributed by atoms with E-state index in [1.807, 2.05) is 55.6 Å². The van der Waals surface area contributed by atoms with Gasteiger partial charge in [-0.2, -0.15) is 5.10 Å². The van der Waals surface area contributed by atoms with Crippen LogP contribution in [0, 0.1) is 6.92 Å². The van der Waals surface area contributed by atoms with Crippen molar-refractivity contribution in [3.63, 3.8) is 0 Å². The summed E-state index contributed by atoms with van der Waals surface area (Å²) in [6, 6.07) is 13.4. The molecule has 1 aromatic heterocycles. The van der Waals surface area contributed by atoms with Crippen molar-refractivity contribution in [2.45, 2.75) is 13.5 Å². The average molecular weight is 413 g/mol. The zero-order chi connectivity index (χ0) is 19.9. The van der Waals surface area contributed by atoms with Gasteiger partial charge in [-0.3, -0.25) is 5.43 Å². The van der Waals surface area contributed by atoms with Crippen LogP contribution in [0.2, 0.25) is 0 Å². The highest BCUT2D eigenvalue weighted by Crippen LogP contribution is 2.28. The number of rotatable bonds is 6. The van der Waals surface area contributed by atoms with Crippen molar-refractivity contribution in [1.82, 2.24) is 15.4 Å². The summed E-state index contributed by atoms with van der Waals surface area (Å²) in [6.07, 6.45) is 3.56. The van der Waals surface area contributed by atoms with Gasteiger partial charge in [0, 0.05) is 0 Å². The van der Waals surface area contributed by atoms with Gasteiger partial charge in [-0.25, -0.2) is 9.97 Å². The van der Waals surface area contributed by atoms with Crippen molar-refractivity contribution in [3.05, 3.63) is 59.4 Å². The summed E-state index contributed by atoms with van der Waals surface area (Å²) in [6.45, 7) is 2.23. The fourth-order valence-electron chi connectivity index (χ4n) is 2.50. The Bertz CT molecular complexity index is 1020. The van der Waals surface area contributed by atoms with Gasteiger partial charge in [0.15, 0.2) is 15.8 Å². The van der Waals surface area contributed by atoms with Crippen LogP contribution in [0.3, 0.4) is 0 Å². The first-order valence-electron chi connectivity index (χ1n) is 8.51. The number of methoxy groups -OCH3 is 1. The Morgan fingerprint density at radius 2 is 1.93 bits per heavy atom. The van der Waals surface area contributed by atoms with Gasteiger partial charge in [0.1, 0.15) is 6.61 Å². The topological polar surface area (TPSA) is 68.6 Å². The molecule has 8 heteroatoms. The quantitative estimate of drug-likeness (QED) is 0.371. The number of hydrogen-bond donors (Lipinski definition) is 1. The summed E-state index contributed by atoms with van der Waals surface area (Å²) < 4.78 is 12.0. The number of hydrazone groups is 1. The molecule has 0 radical (unpaired) electrons. The summed E-state index contributed by atoms with van der Waals surface area (Å²) in [5.41, 5.74) is 7.00. The van der Waals surface area contributed by atoms with Crippen molar-refractivity contribution in [1.29, 1.82) is 0 Å². The molecule has 0 fully saturated rings. The van der Waals surface area contributed by atoms with Gasteiger partial charge < -0.3 is 9.47 Å². The second kappa shape index (κ2) is 9.48. The van der Waals surface area contributed by atoms with E-state index < -0.39 is 0 Å². The Kier molecular flexibility index (Phi) is 6.78. The summed E-state index contributed by atoms with van der Waals surface area (Å²) in [7, 11) is 1.60. The highest BCUT2D eigenvalue weighted by Gasteiger charge is 2.09. The number of thiocarbonyl (C=S) groups is 1. The molecule has 3 aromatic rings. The Morgan fingerprint density at radius 3 is 2.64 bits per heavy atom. The average Bonchev–Trinajstić information content (AvgIpc) is 2.72. The van der Waals surface area contributed by atoms with Crippen LogP contribution in [-0.4, -0.2) is 33.9 Å². The molecule has 0 aliphatic rings. The van der Waals surface area contributed by atoms with Crippen molar-refractivity contribution < 1.29 is 9.47 Å². The van der Waals surface area contributed by atoms with E-state index in [2.05, 4.69) is 20.5 Å². The third-order valence-corrected chi connectivity index (χ3v) is 5.00. The molecule has 0 bridgehead atoms. The lowest BCUT2D eigenvalue weighted by atomic mass is 10.2. The van der Waals surface area contributed by atoms with Crippen molar-refractivity contribution >= 4 is 45.5 Å². The van der Waals surface area contributed by atoms with E-state index in [4.69, 9.17) is 21.7 Å². The maximum Gasteiger partial charge on any atom is 0.161 e. The molecule has 0 saturated carbocycles. The van der Waals surface area contributed by atoms with Crippen molar-refractivity contribution in [2.24, 2.45) is 5.10 Å². The summed E-state index contributed by atoms with van der Waals surface area (Å²) in [5.74, 6) is 1.24. The van der Waals surface area contributed by atoms with E-state index in [0.29, 0.717) is 22.4 Å². The SMILES string of the molecule is COc1cc(/C=N/NC(=S)SC)ccc1OCc1nc2ccccc2nc1C. The number of thioether (sulfide) groups is 1. The number of aryl methyl sites for hydroxylation is 1. The van der Waals surface area contributed by atoms with E-state index in [1.54, 1.807) is 13.3 Å².